The number of benzene rings is 1. The molecule has 1 aromatic carbocycles. The van der Waals surface area contributed by atoms with Gasteiger partial charge in [0.1, 0.15) is 6.04 Å². The highest BCUT2D eigenvalue weighted by atomic mass is 79.9. The number of hydrogen-bond donors (Lipinski definition) is 1. The van der Waals surface area contributed by atoms with E-state index in [-0.39, 0.29) is 6.42 Å². The summed E-state index contributed by atoms with van der Waals surface area (Å²) in [7, 11) is 1.24. The summed E-state index contributed by atoms with van der Waals surface area (Å²) in [6, 6.07) is 4.24. The van der Waals surface area contributed by atoms with Crippen molar-refractivity contribution in [3.63, 3.8) is 0 Å². The summed E-state index contributed by atoms with van der Waals surface area (Å²) in [4.78, 5) is 23.5. The molecule has 0 aromatic heterocycles. The van der Waals surface area contributed by atoms with E-state index in [1.807, 2.05) is 0 Å². The number of halogens is 2. The van der Waals surface area contributed by atoms with E-state index in [4.69, 9.17) is 6.42 Å². The number of ether oxygens (including phenoxy) is 1. The highest BCUT2D eigenvalue weighted by Crippen LogP contribution is 2.20. The number of esters is 1. The molecule has 1 aromatic rings. The monoisotopic (exact) mass is 387 g/mol. The van der Waals surface area contributed by atoms with Crippen molar-refractivity contribution >= 4 is 43.7 Å². The van der Waals surface area contributed by atoms with E-state index in [9.17, 15) is 9.59 Å². The van der Waals surface area contributed by atoms with Gasteiger partial charge < -0.3 is 10.1 Å². The third kappa shape index (κ3) is 4.69. The van der Waals surface area contributed by atoms with Crippen LogP contribution in [0.25, 0.3) is 0 Å². The Bertz CT molecular complexity index is 517. The lowest BCUT2D eigenvalue weighted by atomic mass is 10.1. The van der Waals surface area contributed by atoms with Crippen LogP contribution in [-0.4, -0.2) is 25.0 Å². The number of hydrogen-bond acceptors (Lipinski definition) is 3. The van der Waals surface area contributed by atoms with Crippen molar-refractivity contribution in [2.45, 2.75) is 12.5 Å². The minimum atomic E-state index is -0.847. The van der Waals surface area contributed by atoms with Gasteiger partial charge in [-0.1, -0.05) is 31.9 Å². The second-order valence-corrected chi connectivity index (χ2v) is 5.45. The first-order valence-electron chi connectivity index (χ1n) is 5.26. The SMILES string of the molecule is C#CC[C@H](NC(=O)c1cc(Br)cc(Br)c1)C(=O)OC. The molecular weight excluding hydrogens is 378 g/mol. The molecule has 0 saturated carbocycles. The van der Waals surface area contributed by atoms with Crippen LogP contribution >= 0.6 is 31.9 Å². The van der Waals surface area contributed by atoms with Gasteiger partial charge >= 0.3 is 5.97 Å². The van der Waals surface area contributed by atoms with Crippen molar-refractivity contribution in [2.24, 2.45) is 0 Å². The van der Waals surface area contributed by atoms with Crippen molar-refractivity contribution in [2.75, 3.05) is 7.11 Å². The standard InChI is InChI=1S/C13H11Br2NO3/c1-3-4-11(13(18)19-2)16-12(17)8-5-9(14)7-10(15)6-8/h1,5-7,11H,4H2,2H3,(H,16,17)/t11-/m0/s1. The van der Waals surface area contributed by atoms with Crippen LogP contribution in [0.3, 0.4) is 0 Å². The maximum Gasteiger partial charge on any atom is 0.329 e. The molecule has 0 aliphatic rings. The Kier molecular flexibility index (Phi) is 6.06. The molecule has 0 bridgehead atoms. The summed E-state index contributed by atoms with van der Waals surface area (Å²) >= 11 is 6.57. The molecule has 100 valence electrons. The first-order valence-corrected chi connectivity index (χ1v) is 6.84. The molecule has 1 rings (SSSR count). The minimum Gasteiger partial charge on any atom is -0.467 e. The molecule has 1 N–H and O–H groups in total. The van der Waals surface area contributed by atoms with E-state index in [0.29, 0.717) is 5.56 Å². The molecule has 1 amide bonds. The van der Waals surface area contributed by atoms with E-state index in [1.165, 1.54) is 7.11 Å². The van der Waals surface area contributed by atoms with Crippen LogP contribution in [0.1, 0.15) is 16.8 Å². The van der Waals surface area contributed by atoms with Gasteiger partial charge in [-0.3, -0.25) is 4.79 Å². The van der Waals surface area contributed by atoms with Gasteiger partial charge in [-0.15, -0.1) is 12.3 Å². The third-order valence-corrected chi connectivity index (χ3v) is 3.15. The fraction of sp³-hybridized carbons (Fsp3) is 0.231. The van der Waals surface area contributed by atoms with Crippen molar-refractivity contribution < 1.29 is 14.3 Å². The largest absolute Gasteiger partial charge is 0.467 e. The van der Waals surface area contributed by atoms with Crippen LogP contribution in [0.2, 0.25) is 0 Å². The van der Waals surface area contributed by atoms with Crippen LogP contribution in [0.5, 0.6) is 0 Å². The van der Waals surface area contributed by atoms with Gasteiger partial charge in [-0.25, -0.2) is 4.79 Å². The lowest BCUT2D eigenvalue weighted by molar-refractivity contribution is -0.142. The predicted molar refractivity (Wildman–Crippen MR) is 78.6 cm³/mol. The Morgan fingerprint density at radius 2 is 1.95 bits per heavy atom. The van der Waals surface area contributed by atoms with E-state index >= 15 is 0 Å². The predicted octanol–water partition coefficient (Wildman–Crippen LogP) is 2.51. The van der Waals surface area contributed by atoms with E-state index in [2.05, 4.69) is 47.8 Å². The number of rotatable bonds is 4. The van der Waals surface area contributed by atoms with Gasteiger partial charge in [0.15, 0.2) is 0 Å². The summed E-state index contributed by atoms with van der Waals surface area (Å²) in [5.74, 6) is 1.36. The molecule has 0 radical (unpaired) electrons. The second-order valence-electron chi connectivity index (χ2n) is 3.62. The first kappa shape index (κ1) is 15.7. The Labute approximate surface area is 128 Å². The molecule has 19 heavy (non-hydrogen) atoms. The number of nitrogens with one attached hydrogen (secondary N) is 1. The summed E-state index contributed by atoms with van der Waals surface area (Å²) in [6.07, 6.45) is 5.24. The topological polar surface area (TPSA) is 55.4 Å². The van der Waals surface area contributed by atoms with Crippen LogP contribution < -0.4 is 5.32 Å². The normalized spacial score (nSPS) is 11.3. The van der Waals surface area contributed by atoms with Crippen molar-refractivity contribution in [1.82, 2.24) is 5.32 Å². The number of carbonyl (C=O) groups is 2. The minimum absolute atomic E-state index is 0.0770. The molecule has 1 atom stereocenters. The molecule has 6 heteroatoms. The fourth-order valence-corrected chi connectivity index (χ4v) is 2.67. The summed E-state index contributed by atoms with van der Waals surface area (Å²) in [5, 5.41) is 2.54. The number of amides is 1. The Morgan fingerprint density at radius 1 is 1.37 bits per heavy atom. The average molecular weight is 389 g/mol. The van der Waals surface area contributed by atoms with Gasteiger partial charge in [0.25, 0.3) is 5.91 Å². The quantitative estimate of drug-likeness (QED) is 0.636. The molecular formula is C13H11Br2NO3. The van der Waals surface area contributed by atoms with Gasteiger partial charge in [0.2, 0.25) is 0 Å². The van der Waals surface area contributed by atoms with Crippen LogP contribution in [0, 0.1) is 12.3 Å². The molecule has 0 saturated heterocycles. The zero-order valence-electron chi connectivity index (χ0n) is 10.1. The first-order chi connectivity index (χ1) is 8.97. The molecule has 0 heterocycles. The number of terminal acetylenes is 1. The third-order valence-electron chi connectivity index (χ3n) is 2.24. The summed E-state index contributed by atoms with van der Waals surface area (Å²) in [5.41, 5.74) is 0.409. The molecule has 4 nitrogen and oxygen atoms in total. The molecule has 0 aliphatic heterocycles. The van der Waals surface area contributed by atoms with Crippen LogP contribution in [0.15, 0.2) is 27.1 Å². The Morgan fingerprint density at radius 3 is 2.42 bits per heavy atom. The fourth-order valence-electron chi connectivity index (χ4n) is 1.38. The molecule has 0 fully saturated rings. The van der Waals surface area contributed by atoms with Crippen molar-refractivity contribution in [3.8, 4) is 12.3 Å². The summed E-state index contributed by atoms with van der Waals surface area (Å²) < 4.78 is 6.08. The van der Waals surface area contributed by atoms with Gasteiger partial charge in [0.05, 0.1) is 7.11 Å². The zero-order valence-corrected chi connectivity index (χ0v) is 13.2. The smallest absolute Gasteiger partial charge is 0.329 e. The highest BCUT2D eigenvalue weighted by molar-refractivity contribution is 9.11. The van der Waals surface area contributed by atoms with Crippen molar-refractivity contribution in [1.29, 1.82) is 0 Å². The summed E-state index contributed by atoms with van der Waals surface area (Å²) in [6.45, 7) is 0. The maximum absolute atomic E-state index is 12.0. The van der Waals surface area contributed by atoms with E-state index in [0.717, 1.165) is 8.95 Å². The van der Waals surface area contributed by atoms with Crippen molar-refractivity contribution in [3.05, 3.63) is 32.7 Å². The average Bonchev–Trinajstić information content (AvgIpc) is 2.36. The maximum atomic E-state index is 12.0. The van der Waals surface area contributed by atoms with Crippen LogP contribution in [-0.2, 0) is 9.53 Å². The van der Waals surface area contributed by atoms with Crippen LogP contribution in [0.4, 0.5) is 0 Å². The van der Waals surface area contributed by atoms with E-state index in [1.54, 1.807) is 18.2 Å². The zero-order chi connectivity index (χ0) is 14.4. The Balaban J connectivity index is 2.87. The number of methoxy groups -OCH3 is 1. The molecule has 0 aliphatic carbocycles. The highest BCUT2D eigenvalue weighted by Gasteiger charge is 2.21. The Hall–Kier alpha value is -1.32. The van der Waals surface area contributed by atoms with E-state index < -0.39 is 17.9 Å². The second kappa shape index (κ2) is 7.31. The lowest BCUT2D eigenvalue weighted by Crippen LogP contribution is -2.41. The van der Waals surface area contributed by atoms with Gasteiger partial charge in [-0.05, 0) is 18.2 Å². The molecule has 0 unspecified atom stereocenters. The molecule has 0 spiro atoms. The lowest BCUT2D eigenvalue weighted by Gasteiger charge is -2.14. The number of carbonyl (C=O) groups excluding carboxylic acids is 2. The van der Waals surface area contributed by atoms with Gasteiger partial charge in [-0.2, -0.15) is 0 Å². The van der Waals surface area contributed by atoms with Gasteiger partial charge in [0, 0.05) is 20.9 Å².